The van der Waals surface area contributed by atoms with Crippen molar-refractivity contribution in [2.75, 3.05) is 0 Å². The Balaban J connectivity index is 1.78. The van der Waals surface area contributed by atoms with E-state index in [4.69, 9.17) is 11.6 Å². The van der Waals surface area contributed by atoms with Crippen LogP contribution in [0.1, 0.15) is 33.6 Å². The van der Waals surface area contributed by atoms with Crippen LogP contribution in [-0.2, 0) is 6.42 Å². The molecule has 0 amide bonds. The van der Waals surface area contributed by atoms with Gasteiger partial charge in [-0.25, -0.2) is 4.68 Å². The third kappa shape index (κ3) is 2.96. The van der Waals surface area contributed by atoms with E-state index in [0.717, 1.165) is 24.1 Å². The van der Waals surface area contributed by atoms with E-state index in [1.807, 2.05) is 36.5 Å². The Morgan fingerprint density at radius 2 is 1.96 bits per heavy atom. The number of hydrogen-bond acceptors (Lipinski definition) is 3. The second-order valence-electron chi connectivity index (χ2n) is 5.99. The zero-order valence-electron chi connectivity index (χ0n) is 13.3. The lowest BCUT2D eigenvalue weighted by Crippen LogP contribution is -2.22. The molecule has 0 atom stereocenters. The molecule has 0 spiro atoms. The van der Waals surface area contributed by atoms with Gasteiger partial charge in [0.15, 0.2) is 0 Å². The number of allylic oxidation sites excluding steroid dienone is 1. The maximum atomic E-state index is 11.1. The minimum atomic E-state index is -1.19. The zero-order valence-corrected chi connectivity index (χ0v) is 14.0. The average molecular weight is 350 g/mol. The lowest BCUT2D eigenvalue weighted by Gasteiger charge is -2.10. The summed E-state index contributed by atoms with van der Waals surface area (Å²) in [7, 11) is 0. The summed E-state index contributed by atoms with van der Waals surface area (Å²) in [6, 6.07) is 14.3. The van der Waals surface area contributed by atoms with Crippen molar-refractivity contribution in [3.8, 4) is 5.69 Å². The highest BCUT2D eigenvalue weighted by Crippen LogP contribution is 2.35. The number of carbonyl (C=O) groups excluding carboxylic acids is 1. The number of fused-ring (bicyclic) bond motifs is 1. The number of benzene rings is 2. The topological polar surface area (TPSA) is 57.9 Å². The molecule has 4 nitrogen and oxygen atoms in total. The fraction of sp³-hybridized carbons (Fsp3) is 0.100. The van der Waals surface area contributed by atoms with Crippen LogP contribution < -0.4 is 5.11 Å². The standard InChI is InChI=1S/C20H15ClN2O2/c21-17-8-4-13(5-9-17)10-14-6-7-16-12-22-23(19(14)16)18-3-1-2-15(11-18)20(24)25/h1-5,8-12H,6-7H2,(H,24,25)/p-1/b14-10+. The van der Waals surface area contributed by atoms with Crippen LogP contribution in [0.4, 0.5) is 0 Å². The van der Waals surface area contributed by atoms with Crippen molar-refractivity contribution >= 4 is 29.2 Å². The number of rotatable bonds is 3. The molecule has 25 heavy (non-hydrogen) atoms. The van der Waals surface area contributed by atoms with Gasteiger partial charge in [0, 0.05) is 5.02 Å². The Hall–Kier alpha value is -2.85. The maximum absolute atomic E-state index is 11.1. The number of carboxylic acid groups (broad SMARTS) is 1. The van der Waals surface area contributed by atoms with Gasteiger partial charge in [0.25, 0.3) is 0 Å². The molecule has 0 radical (unpaired) electrons. The number of aromatic carboxylic acids is 1. The van der Waals surface area contributed by atoms with Crippen LogP contribution in [0.2, 0.25) is 5.02 Å². The number of halogens is 1. The Morgan fingerprint density at radius 3 is 2.72 bits per heavy atom. The molecule has 0 saturated carbocycles. The van der Waals surface area contributed by atoms with Crippen LogP contribution in [0.5, 0.6) is 0 Å². The van der Waals surface area contributed by atoms with E-state index in [-0.39, 0.29) is 5.56 Å². The van der Waals surface area contributed by atoms with Gasteiger partial charge in [0.05, 0.1) is 23.5 Å². The summed E-state index contributed by atoms with van der Waals surface area (Å²) in [5, 5.41) is 16.3. The first kappa shape index (κ1) is 15.7. The van der Waals surface area contributed by atoms with E-state index in [2.05, 4.69) is 11.2 Å². The monoisotopic (exact) mass is 349 g/mol. The highest BCUT2D eigenvalue weighted by molar-refractivity contribution is 6.30. The van der Waals surface area contributed by atoms with Crippen molar-refractivity contribution in [1.82, 2.24) is 9.78 Å². The normalized spacial score (nSPS) is 14.7. The first-order valence-corrected chi connectivity index (χ1v) is 8.35. The molecule has 0 saturated heterocycles. The van der Waals surface area contributed by atoms with Crippen LogP contribution in [0.15, 0.2) is 54.7 Å². The largest absolute Gasteiger partial charge is 0.545 e. The summed E-state index contributed by atoms with van der Waals surface area (Å²) >= 11 is 5.95. The molecule has 4 rings (SSSR count). The number of hydrogen-bond donors (Lipinski definition) is 0. The van der Waals surface area contributed by atoms with Gasteiger partial charge in [-0.2, -0.15) is 5.10 Å². The molecule has 0 aliphatic heterocycles. The number of carbonyl (C=O) groups is 1. The highest BCUT2D eigenvalue weighted by Gasteiger charge is 2.22. The van der Waals surface area contributed by atoms with E-state index in [0.29, 0.717) is 10.7 Å². The SMILES string of the molecule is O=C([O-])c1cccc(-n2ncc3c2/C(=C/c2ccc(Cl)cc2)CC3)c1. The van der Waals surface area contributed by atoms with Gasteiger partial charge in [-0.3, -0.25) is 0 Å². The van der Waals surface area contributed by atoms with Crippen LogP contribution in [-0.4, -0.2) is 15.7 Å². The average Bonchev–Trinajstić information content (AvgIpc) is 3.20. The Bertz CT molecular complexity index is 987. The predicted molar refractivity (Wildman–Crippen MR) is 95.5 cm³/mol. The van der Waals surface area contributed by atoms with Gasteiger partial charge in [0.2, 0.25) is 0 Å². The molecular formula is C20H14ClN2O2-. The summed E-state index contributed by atoms with van der Waals surface area (Å²) in [6.45, 7) is 0. The van der Waals surface area contributed by atoms with Gasteiger partial charge >= 0.3 is 0 Å². The van der Waals surface area contributed by atoms with Crippen molar-refractivity contribution in [2.45, 2.75) is 12.8 Å². The second kappa shape index (κ2) is 6.22. The summed E-state index contributed by atoms with van der Waals surface area (Å²) in [4.78, 5) is 11.1. The minimum absolute atomic E-state index is 0.142. The molecule has 0 fully saturated rings. The van der Waals surface area contributed by atoms with E-state index >= 15 is 0 Å². The van der Waals surface area contributed by atoms with Crippen LogP contribution in [0, 0.1) is 0 Å². The number of nitrogens with zero attached hydrogens (tertiary/aromatic N) is 2. The molecule has 1 heterocycles. The van der Waals surface area contributed by atoms with Crippen LogP contribution >= 0.6 is 11.6 Å². The van der Waals surface area contributed by atoms with E-state index in [9.17, 15) is 9.90 Å². The molecule has 2 aromatic carbocycles. The fourth-order valence-corrected chi connectivity index (χ4v) is 3.28. The molecule has 1 aliphatic carbocycles. The molecule has 3 aromatic rings. The van der Waals surface area contributed by atoms with Crippen molar-refractivity contribution in [3.63, 3.8) is 0 Å². The molecule has 0 unspecified atom stereocenters. The molecule has 1 aliphatic rings. The third-order valence-electron chi connectivity index (χ3n) is 4.35. The number of aromatic nitrogens is 2. The Kier molecular flexibility index (Phi) is 3.90. The van der Waals surface area contributed by atoms with Crippen molar-refractivity contribution < 1.29 is 9.90 Å². The van der Waals surface area contributed by atoms with E-state index < -0.39 is 5.97 Å². The first-order chi connectivity index (χ1) is 12.1. The van der Waals surface area contributed by atoms with Gasteiger partial charge in [-0.15, -0.1) is 0 Å². The Labute approximate surface area is 150 Å². The number of carboxylic acids is 1. The van der Waals surface area contributed by atoms with Crippen molar-refractivity contribution in [1.29, 1.82) is 0 Å². The Morgan fingerprint density at radius 1 is 1.16 bits per heavy atom. The molecule has 0 N–H and O–H groups in total. The fourth-order valence-electron chi connectivity index (χ4n) is 3.16. The molecule has 5 heteroatoms. The number of aryl methyl sites for hydroxylation is 1. The minimum Gasteiger partial charge on any atom is -0.545 e. The lowest BCUT2D eigenvalue weighted by atomic mass is 10.1. The third-order valence-corrected chi connectivity index (χ3v) is 4.60. The van der Waals surface area contributed by atoms with Gasteiger partial charge in [-0.1, -0.05) is 35.9 Å². The summed E-state index contributed by atoms with van der Waals surface area (Å²) in [5.74, 6) is -1.19. The van der Waals surface area contributed by atoms with Crippen molar-refractivity contribution in [2.24, 2.45) is 0 Å². The molecular weight excluding hydrogens is 336 g/mol. The predicted octanol–water partition coefficient (Wildman–Crippen LogP) is 3.38. The first-order valence-electron chi connectivity index (χ1n) is 7.97. The van der Waals surface area contributed by atoms with Gasteiger partial charge < -0.3 is 9.90 Å². The maximum Gasteiger partial charge on any atom is 0.0733 e. The van der Waals surface area contributed by atoms with Crippen molar-refractivity contribution in [3.05, 3.63) is 82.1 Å². The smallest absolute Gasteiger partial charge is 0.0733 e. The second-order valence-corrected chi connectivity index (χ2v) is 6.43. The molecule has 124 valence electrons. The lowest BCUT2D eigenvalue weighted by molar-refractivity contribution is -0.255. The zero-order chi connectivity index (χ0) is 17.4. The molecule has 1 aromatic heterocycles. The van der Waals surface area contributed by atoms with E-state index in [1.54, 1.807) is 16.8 Å². The molecule has 0 bridgehead atoms. The van der Waals surface area contributed by atoms with Gasteiger partial charge in [0.1, 0.15) is 0 Å². The van der Waals surface area contributed by atoms with Gasteiger partial charge in [-0.05, 0) is 65.4 Å². The van der Waals surface area contributed by atoms with Crippen LogP contribution in [0.25, 0.3) is 17.3 Å². The highest BCUT2D eigenvalue weighted by atomic mass is 35.5. The van der Waals surface area contributed by atoms with Crippen LogP contribution in [0.3, 0.4) is 0 Å². The quantitative estimate of drug-likeness (QED) is 0.728. The summed E-state index contributed by atoms with van der Waals surface area (Å²) < 4.78 is 1.80. The summed E-state index contributed by atoms with van der Waals surface area (Å²) in [6.07, 6.45) is 5.83. The summed E-state index contributed by atoms with van der Waals surface area (Å²) in [5.41, 5.74) is 5.30. The van der Waals surface area contributed by atoms with E-state index in [1.165, 1.54) is 17.2 Å².